The van der Waals surface area contributed by atoms with Crippen molar-refractivity contribution in [2.45, 2.75) is 19.4 Å². The van der Waals surface area contributed by atoms with Crippen LogP contribution in [0.4, 0.5) is 0 Å². The number of rotatable bonds is 2. The summed E-state index contributed by atoms with van der Waals surface area (Å²) in [5.74, 6) is 0. The molecule has 0 atom stereocenters. The lowest BCUT2D eigenvalue weighted by molar-refractivity contribution is 0.615. The molecule has 0 aromatic carbocycles. The Balaban J connectivity index is 3.90. The molecule has 0 amide bonds. The lowest BCUT2D eigenvalue weighted by Crippen LogP contribution is -2.12. The Hall–Kier alpha value is -0.950. The fourth-order valence-electron chi connectivity index (χ4n) is 0.240. The second-order valence-electron chi connectivity index (χ2n) is 2.09. The van der Waals surface area contributed by atoms with E-state index in [9.17, 15) is 0 Å². The summed E-state index contributed by atoms with van der Waals surface area (Å²) in [5.41, 5.74) is 4.30. The van der Waals surface area contributed by atoms with Crippen molar-refractivity contribution in [3.8, 4) is 6.07 Å². The van der Waals surface area contributed by atoms with Crippen LogP contribution in [0.3, 0.4) is 0 Å². The van der Waals surface area contributed by atoms with E-state index in [1.54, 1.807) is 13.8 Å². The number of nitrogens with zero attached hydrogens (tertiary/aromatic N) is 3. The maximum atomic E-state index is 8.38. The molecule has 0 aliphatic rings. The minimum Gasteiger partial charge on any atom is -0.311 e. The SMILES string of the molecule is CC(C)(C#N)N=NCN. The third-order valence-corrected chi connectivity index (χ3v) is 0.676. The summed E-state index contributed by atoms with van der Waals surface area (Å²) in [4.78, 5) is 0. The highest BCUT2D eigenvalue weighted by atomic mass is 15.2. The van der Waals surface area contributed by atoms with Crippen molar-refractivity contribution in [3.05, 3.63) is 0 Å². The van der Waals surface area contributed by atoms with E-state index in [0.717, 1.165) is 0 Å². The summed E-state index contributed by atoms with van der Waals surface area (Å²) in [7, 11) is 0. The van der Waals surface area contributed by atoms with Gasteiger partial charge in [-0.3, -0.25) is 0 Å². The number of hydrogen-bond donors (Lipinski definition) is 1. The Morgan fingerprint density at radius 1 is 1.67 bits per heavy atom. The Kier molecular flexibility index (Phi) is 2.82. The van der Waals surface area contributed by atoms with Gasteiger partial charge in [-0.05, 0) is 13.8 Å². The fourth-order valence-corrected chi connectivity index (χ4v) is 0.240. The van der Waals surface area contributed by atoms with Crippen LogP contribution >= 0.6 is 0 Å². The Morgan fingerprint density at radius 3 is 2.56 bits per heavy atom. The first kappa shape index (κ1) is 8.05. The zero-order valence-electron chi connectivity index (χ0n) is 5.63. The van der Waals surface area contributed by atoms with Crippen molar-refractivity contribution in [1.82, 2.24) is 0 Å². The minimum absolute atomic E-state index is 0.144. The third kappa shape index (κ3) is 3.62. The second-order valence-corrected chi connectivity index (χ2v) is 2.09. The standard InChI is InChI=1S/C5H10N4/c1-5(2,3-6)9-8-4-7/h4,7H2,1-2H3. The van der Waals surface area contributed by atoms with Gasteiger partial charge in [0.05, 0.1) is 6.07 Å². The summed E-state index contributed by atoms with van der Waals surface area (Å²) in [6, 6.07) is 1.96. The van der Waals surface area contributed by atoms with Crippen LogP contribution in [0.1, 0.15) is 13.8 Å². The maximum Gasteiger partial charge on any atom is 0.162 e. The summed E-state index contributed by atoms with van der Waals surface area (Å²) >= 11 is 0. The van der Waals surface area contributed by atoms with Crippen molar-refractivity contribution in [2.75, 3.05) is 6.67 Å². The molecule has 0 heterocycles. The average Bonchev–Trinajstić information content (AvgIpc) is 1.84. The number of nitriles is 1. The molecule has 9 heavy (non-hydrogen) atoms. The lowest BCUT2D eigenvalue weighted by Gasteiger charge is -2.03. The van der Waals surface area contributed by atoms with Gasteiger partial charge in [0.15, 0.2) is 5.54 Å². The largest absolute Gasteiger partial charge is 0.311 e. The molecule has 0 saturated carbocycles. The van der Waals surface area contributed by atoms with Gasteiger partial charge in [-0.25, -0.2) is 0 Å². The van der Waals surface area contributed by atoms with Crippen molar-refractivity contribution in [2.24, 2.45) is 16.0 Å². The van der Waals surface area contributed by atoms with Gasteiger partial charge in [0, 0.05) is 0 Å². The van der Waals surface area contributed by atoms with Gasteiger partial charge in [0.25, 0.3) is 0 Å². The molecule has 0 unspecified atom stereocenters. The predicted molar refractivity (Wildman–Crippen MR) is 33.6 cm³/mol. The monoisotopic (exact) mass is 126 g/mol. The molecule has 0 aromatic heterocycles. The van der Waals surface area contributed by atoms with Crippen LogP contribution in [-0.2, 0) is 0 Å². The van der Waals surface area contributed by atoms with Gasteiger partial charge in [-0.2, -0.15) is 15.5 Å². The van der Waals surface area contributed by atoms with Gasteiger partial charge >= 0.3 is 0 Å². The average molecular weight is 126 g/mol. The summed E-state index contributed by atoms with van der Waals surface area (Å²) in [5, 5.41) is 15.5. The molecular formula is C5H10N4. The molecule has 2 N–H and O–H groups in total. The van der Waals surface area contributed by atoms with Gasteiger partial charge in [-0.1, -0.05) is 0 Å². The van der Waals surface area contributed by atoms with Crippen LogP contribution in [-0.4, -0.2) is 12.2 Å². The van der Waals surface area contributed by atoms with Crippen LogP contribution in [0.2, 0.25) is 0 Å². The van der Waals surface area contributed by atoms with Crippen LogP contribution in [0.5, 0.6) is 0 Å². The van der Waals surface area contributed by atoms with Crippen molar-refractivity contribution < 1.29 is 0 Å². The van der Waals surface area contributed by atoms with Crippen LogP contribution < -0.4 is 5.73 Å². The quantitative estimate of drug-likeness (QED) is 0.552. The van der Waals surface area contributed by atoms with Crippen molar-refractivity contribution in [1.29, 1.82) is 5.26 Å². The van der Waals surface area contributed by atoms with Crippen molar-refractivity contribution >= 4 is 0 Å². The van der Waals surface area contributed by atoms with Crippen LogP contribution in [0.15, 0.2) is 10.2 Å². The normalized spacial score (nSPS) is 11.8. The van der Waals surface area contributed by atoms with E-state index < -0.39 is 5.54 Å². The molecule has 50 valence electrons. The molecule has 0 fully saturated rings. The summed E-state index contributed by atoms with van der Waals surface area (Å²) in [6.45, 7) is 3.49. The first-order chi connectivity index (χ1) is 4.12. The van der Waals surface area contributed by atoms with E-state index in [4.69, 9.17) is 11.0 Å². The van der Waals surface area contributed by atoms with E-state index in [-0.39, 0.29) is 6.67 Å². The van der Waals surface area contributed by atoms with E-state index >= 15 is 0 Å². The first-order valence-electron chi connectivity index (χ1n) is 2.62. The van der Waals surface area contributed by atoms with E-state index in [2.05, 4.69) is 10.2 Å². The zero-order chi connectivity index (χ0) is 7.33. The predicted octanol–water partition coefficient (Wildman–Crippen LogP) is 0.657. The van der Waals surface area contributed by atoms with Gasteiger partial charge in [0.1, 0.15) is 6.67 Å². The highest BCUT2D eigenvalue weighted by Crippen LogP contribution is 2.05. The Bertz CT molecular complexity index is 142. The minimum atomic E-state index is -0.723. The van der Waals surface area contributed by atoms with Crippen LogP contribution in [0, 0.1) is 11.3 Å². The molecule has 0 saturated heterocycles. The molecule has 0 aromatic rings. The smallest absolute Gasteiger partial charge is 0.162 e. The van der Waals surface area contributed by atoms with E-state index in [1.165, 1.54) is 0 Å². The second kappa shape index (κ2) is 3.15. The number of nitrogens with two attached hydrogens (primary N) is 1. The van der Waals surface area contributed by atoms with Gasteiger partial charge < -0.3 is 5.73 Å². The number of hydrogen-bond acceptors (Lipinski definition) is 4. The molecule has 4 nitrogen and oxygen atoms in total. The molecular weight excluding hydrogens is 116 g/mol. The third-order valence-electron chi connectivity index (χ3n) is 0.676. The van der Waals surface area contributed by atoms with Crippen LogP contribution in [0.25, 0.3) is 0 Å². The van der Waals surface area contributed by atoms with Gasteiger partial charge in [-0.15, -0.1) is 0 Å². The first-order valence-corrected chi connectivity index (χ1v) is 2.62. The molecule has 0 rings (SSSR count). The van der Waals surface area contributed by atoms with E-state index in [0.29, 0.717) is 0 Å². The lowest BCUT2D eigenvalue weighted by atomic mass is 10.1. The molecule has 0 aliphatic carbocycles. The number of azo groups is 1. The van der Waals surface area contributed by atoms with Gasteiger partial charge in [0.2, 0.25) is 0 Å². The molecule has 0 radical (unpaired) electrons. The highest BCUT2D eigenvalue weighted by Gasteiger charge is 2.13. The summed E-state index contributed by atoms with van der Waals surface area (Å²) in [6.07, 6.45) is 0. The Morgan fingerprint density at radius 2 is 2.22 bits per heavy atom. The molecule has 0 bridgehead atoms. The zero-order valence-corrected chi connectivity index (χ0v) is 5.63. The molecule has 4 heteroatoms. The molecule has 0 aliphatic heterocycles. The Labute approximate surface area is 54.4 Å². The van der Waals surface area contributed by atoms with Crippen molar-refractivity contribution in [3.63, 3.8) is 0 Å². The topological polar surface area (TPSA) is 74.5 Å². The maximum absolute atomic E-state index is 8.38. The van der Waals surface area contributed by atoms with E-state index in [1.807, 2.05) is 6.07 Å². The summed E-state index contributed by atoms with van der Waals surface area (Å²) < 4.78 is 0. The molecule has 0 spiro atoms. The highest BCUT2D eigenvalue weighted by molar-refractivity contribution is 4.98. The fraction of sp³-hybridized carbons (Fsp3) is 0.800.